The highest BCUT2D eigenvalue weighted by Crippen LogP contribution is 2.12. The van der Waals surface area contributed by atoms with Crippen molar-refractivity contribution in [2.24, 2.45) is 0 Å². The van der Waals surface area contributed by atoms with Crippen LogP contribution in [0.25, 0.3) is 0 Å². The van der Waals surface area contributed by atoms with E-state index < -0.39 is 16.9 Å². The summed E-state index contributed by atoms with van der Waals surface area (Å²) in [5.74, 6) is -0.856. The third-order valence-corrected chi connectivity index (χ3v) is 2.68. The van der Waals surface area contributed by atoms with Gasteiger partial charge in [0.15, 0.2) is 0 Å². The Bertz CT molecular complexity index is 518. The quantitative estimate of drug-likeness (QED) is 0.382. The monoisotopic (exact) mass is 295 g/mol. The standard InChI is InChI=1S/C13H17N3O5/c17-12(18)6-1-2-7-14-13(19)15-9-10-4-3-5-11(8-10)16(20)21/h3-5,8H,1-2,6-7,9H2,(H,17,18)(H2,14,15,19). The Balaban J connectivity index is 2.25. The second kappa shape index (κ2) is 8.51. The molecule has 8 nitrogen and oxygen atoms in total. The molecule has 0 aliphatic rings. The number of nitro groups is 1. The Hall–Kier alpha value is -2.64. The third kappa shape index (κ3) is 6.90. The number of rotatable bonds is 8. The highest BCUT2D eigenvalue weighted by Gasteiger charge is 2.06. The molecule has 0 aliphatic heterocycles. The van der Waals surface area contributed by atoms with Gasteiger partial charge in [-0.25, -0.2) is 4.79 Å². The van der Waals surface area contributed by atoms with Gasteiger partial charge in [0.05, 0.1) is 4.92 Å². The number of nitro benzene ring substituents is 1. The number of carboxylic acid groups (broad SMARTS) is 1. The van der Waals surface area contributed by atoms with Crippen LogP contribution in [0, 0.1) is 10.1 Å². The summed E-state index contributed by atoms with van der Waals surface area (Å²) in [5.41, 5.74) is 0.605. The Morgan fingerprint density at radius 2 is 2.00 bits per heavy atom. The van der Waals surface area contributed by atoms with Gasteiger partial charge in [-0.15, -0.1) is 0 Å². The van der Waals surface area contributed by atoms with Gasteiger partial charge in [-0.05, 0) is 18.4 Å². The van der Waals surface area contributed by atoms with Crippen LogP contribution in [0.15, 0.2) is 24.3 Å². The Kier molecular flexibility index (Phi) is 6.66. The molecule has 0 unspecified atom stereocenters. The molecule has 1 rings (SSSR count). The number of unbranched alkanes of at least 4 members (excludes halogenated alkanes) is 1. The number of urea groups is 1. The number of hydrogen-bond donors (Lipinski definition) is 3. The van der Waals surface area contributed by atoms with Crippen LogP contribution in [0.2, 0.25) is 0 Å². The maximum Gasteiger partial charge on any atom is 0.315 e. The molecular weight excluding hydrogens is 278 g/mol. The van der Waals surface area contributed by atoms with E-state index in [1.54, 1.807) is 12.1 Å². The number of carbonyl (C=O) groups excluding carboxylic acids is 1. The molecule has 0 bridgehead atoms. The Morgan fingerprint density at radius 3 is 2.67 bits per heavy atom. The van der Waals surface area contributed by atoms with Crippen LogP contribution in [0.1, 0.15) is 24.8 Å². The highest BCUT2D eigenvalue weighted by molar-refractivity contribution is 5.73. The van der Waals surface area contributed by atoms with E-state index in [9.17, 15) is 19.7 Å². The van der Waals surface area contributed by atoms with Gasteiger partial charge < -0.3 is 15.7 Å². The van der Waals surface area contributed by atoms with E-state index in [1.807, 2.05) is 0 Å². The number of aliphatic carboxylic acids is 1. The number of hydrogen-bond acceptors (Lipinski definition) is 4. The van der Waals surface area contributed by atoms with Crippen molar-refractivity contribution in [1.29, 1.82) is 0 Å². The van der Waals surface area contributed by atoms with Crippen LogP contribution in [0.5, 0.6) is 0 Å². The average Bonchev–Trinajstić information content (AvgIpc) is 2.44. The molecule has 2 amide bonds. The van der Waals surface area contributed by atoms with Gasteiger partial charge in [-0.1, -0.05) is 12.1 Å². The number of nitrogens with one attached hydrogen (secondary N) is 2. The van der Waals surface area contributed by atoms with Gasteiger partial charge >= 0.3 is 12.0 Å². The number of carbonyl (C=O) groups is 2. The lowest BCUT2D eigenvalue weighted by atomic mass is 10.2. The molecule has 8 heteroatoms. The minimum Gasteiger partial charge on any atom is -0.481 e. The second-order valence-electron chi connectivity index (χ2n) is 4.39. The smallest absolute Gasteiger partial charge is 0.315 e. The SMILES string of the molecule is O=C(O)CCCCNC(=O)NCc1cccc([N+](=O)[O-])c1. The molecule has 0 saturated heterocycles. The zero-order valence-corrected chi connectivity index (χ0v) is 11.4. The number of nitrogens with zero attached hydrogens (tertiary/aromatic N) is 1. The summed E-state index contributed by atoms with van der Waals surface area (Å²) in [6, 6.07) is 5.62. The van der Waals surface area contributed by atoms with E-state index in [2.05, 4.69) is 10.6 Å². The van der Waals surface area contributed by atoms with Crippen molar-refractivity contribution in [2.45, 2.75) is 25.8 Å². The van der Waals surface area contributed by atoms with Crippen LogP contribution < -0.4 is 10.6 Å². The summed E-state index contributed by atoms with van der Waals surface area (Å²) in [6.45, 7) is 0.566. The minimum absolute atomic E-state index is 0.0246. The van der Waals surface area contributed by atoms with Gasteiger partial charge in [0.1, 0.15) is 0 Å². The summed E-state index contributed by atoms with van der Waals surface area (Å²) in [6.07, 6.45) is 1.16. The molecule has 1 aromatic rings. The summed E-state index contributed by atoms with van der Waals surface area (Å²) in [4.78, 5) is 31.9. The number of benzene rings is 1. The average molecular weight is 295 g/mol. The summed E-state index contributed by atoms with van der Waals surface area (Å²) in [5, 5.41) is 24.2. The van der Waals surface area contributed by atoms with E-state index in [-0.39, 0.29) is 18.7 Å². The van der Waals surface area contributed by atoms with Crippen molar-refractivity contribution >= 4 is 17.7 Å². The van der Waals surface area contributed by atoms with E-state index in [1.165, 1.54) is 12.1 Å². The minimum atomic E-state index is -0.856. The molecule has 1 aromatic carbocycles. The molecule has 3 N–H and O–H groups in total. The van der Waals surface area contributed by atoms with E-state index in [0.29, 0.717) is 24.9 Å². The Morgan fingerprint density at radius 1 is 1.24 bits per heavy atom. The fourth-order valence-electron chi connectivity index (χ4n) is 1.63. The molecule has 0 spiro atoms. The fraction of sp³-hybridized carbons (Fsp3) is 0.385. The first-order valence-electron chi connectivity index (χ1n) is 6.46. The molecule has 21 heavy (non-hydrogen) atoms. The van der Waals surface area contributed by atoms with Gasteiger partial charge in [-0.2, -0.15) is 0 Å². The van der Waals surface area contributed by atoms with Gasteiger partial charge in [0.25, 0.3) is 5.69 Å². The molecule has 0 fully saturated rings. The fourth-order valence-corrected chi connectivity index (χ4v) is 1.63. The molecule has 0 aromatic heterocycles. The number of amides is 2. The summed E-state index contributed by atoms with van der Waals surface area (Å²) >= 11 is 0. The number of carboxylic acids is 1. The lowest BCUT2D eigenvalue weighted by Gasteiger charge is -2.07. The third-order valence-electron chi connectivity index (χ3n) is 2.68. The molecule has 0 saturated carbocycles. The topological polar surface area (TPSA) is 122 Å². The molecule has 114 valence electrons. The predicted octanol–water partition coefficient (Wildman–Crippen LogP) is 1.65. The maximum atomic E-state index is 11.5. The number of non-ortho nitro benzene ring substituents is 1. The van der Waals surface area contributed by atoms with Crippen LogP contribution in [-0.4, -0.2) is 28.6 Å². The second-order valence-corrected chi connectivity index (χ2v) is 4.39. The first kappa shape index (κ1) is 16.4. The van der Waals surface area contributed by atoms with Crippen molar-refractivity contribution in [3.8, 4) is 0 Å². The first-order chi connectivity index (χ1) is 9.99. The zero-order chi connectivity index (χ0) is 15.7. The van der Waals surface area contributed by atoms with Crippen molar-refractivity contribution < 1.29 is 19.6 Å². The van der Waals surface area contributed by atoms with Crippen molar-refractivity contribution in [1.82, 2.24) is 10.6 Å². The zero-order valence-electron chi connectivity index (χ0n) is 11.4. The molecule has 0 aliphatic carbocycles. The van der Waals surface area contributed by atoms with Crippen LogP contribution in [0.3, 0.4) is 0 Å². The summed E-state index contributed by atoms with van der Waals surface area (Å²) in [7, 11) is 0. The lowest BCUT2D eigenvalue weighted by Crippen LogP contribution is -2.35. The van der Waals surface area contributed by atoms with Crippen LogP contribution in [-0.2, 0) is 11.3 Å². The van der Waals surface area contributed by atoms with Crippen molar-refractivity contribution in [3.05, 3.63) is 39.9 Å². The highest BCUT2D eigenvalue weighted by atomic mass is 16.6. The lowest BCUT2D eigenvalue weighted by molar-refractivity contribution is -0.384. The van der Waals surface area contributed by atoms with Crippen molar-refractivity contribution in [3.63, 3.8) is 0 Å². The van der Waals surface area contributed by atoms with E-state index >= 15 is 0 Å². The normalized spacial score (nSPS) is 9.90. The Labute approximate surface area is 121 Å². The van der Waals surface area contributed by atoms with Crippen LogP contribution >= 0.6 is 0 Å². The molecular formula is C13H17N3O5. The molecule has 0 atom stereocenters. The molecule has 0 heterocycles. The van der Waals surface area contributed by atoms with Crippen LogP contribution in [0.4, 0.5) is 10.5 Å². The van der Waals surface area contributed by atoms with Crippen molar-refractivity contribution in [2.75, 3.05) is 6.54 Å². The summed E-state index contributed by atoms with van der Waals surface area (Å²) < 4.78 is 0. The molecule has 0 radical (unpaired) electrons. The van der Waals surface area contributed by atoms with E-state index in [0.717, 1.165) is 0 Å². The van der Waals surface area contributed by atoms with E-state index in [4.69, 9.17) is 5.11 Å². The first-order valence-corrected chi connectivity index (χ1v) is 6.46. The maximum absolute atomic E-state index is 11.5. The largest absolute Gasteiger partial charge is 0.481 e. The van der Waals surface area contributed by atoms with Gasteiger partial charge in [0, 0.05) is 31.6 Å². The van der Waals surface area contributed by atoms with Gasteiger partial charge in [0.2, 0.25) is 0 Å². The van der Waals surface area contributed by atoms with Gasteiger partial charge in [-0.3, -0.25) is 14.9 Å². The predicted molar refractivity (Wildman–Crippen MR) is 74.8 cm³/mol.